The Morgan fingerprint density at radius 1 is 0.240 bits per heavy atom. The fraction of sp³-hybridized carbons (Fsp3) is 0.222. The topological polar surface area (TPSA) is 14.8 Å². The summed E-state index contributed by atoms with van der Waals surface area (Å²) in [6, 6.07) is 68.5. The summed E-state index contributed by atoms with van der Waals surface area (Å²) in [7, 11) is 0. The lowest BCUT2D eigenvalue weighted by molar-refractivity contribution is 0.590. The minimum absolute atomic E-state index is 0.0146. The largest absolute Gasteiger partial charge is 0.309 e. The molecule has 368 valence electrons. The van der Waals surface area contributed by atoms with Gasteiger partial charge in [0, 0.05) is 49.1 Å². The fourth-order valence-corrected chi connectivity index (χ4v) is 12.7. The van der Waals surface area contributed by atoms with E-state index in [0.717, 1.165) is 11.4 Å². The van der Waals surface area contributed by atoms with Crippen molar-refractivity contribution in [2.24, 2.45) is 0 Å². The van der Waals surface area contributed by atoms with E-state index >= 15 is 0 Å². The summed E-state index contributed by atoms with van der Waals surface area (Å²) in [6.45, 7) is 27.8. The fourth-order valence-electron chi connectivity index (χ4n) is 12.7. The van der Waals surface area contributed by atoms with Gasteiger partial charge in [-0.1, -0.05) is 174 Å². The second-order valence-corrected chi connectivity index (χ2v) is 25.9. The van der Waals surface area contributed by atoms with Crippen LogP contribution in [-0.4, -0.2) is 13.7 Å². The van der Waals surface area contributed by atoms with Crippen LogP contribution in [0.25, 0.3) is 126 Å². The summed E-state index contributed by atoms with van der Waals surface area (Å²) >= 11 is 0. The summed E-state index contributed by atoms with van der Waals surface area (Å²) in [6.07, 6.45) is 0. The predicted molar refractivity (Wildman–Crippen MR) is 325 cm³/mol. The molecule has 0 atom stereocenters. The highest BCUT2D eigenvalue weighted by Crippen LogP contribution is 2.46. The van der Waals surface area contributed by atoms with Gasteiger partial charge in [0.25, 0.3) is 0 Å². The molecule has 0 amide bonds. The molecule has 3 heterocycles. The number of hydrogen-bond acceptors (Lipinski definition) is 0. The maximum absolute atomic E-state index is 2.59. The van der Waals surface area contributed by atoms with Crippen molar-refractivity contribution in [1.29, 1.82) is 0 Å². The average Bonchev–Trinajstić information content (AvgIpc) is 4.02. The van der Waals surface area contributed by atoms with Crippen molar-refractivity contribution in [3.05, 3.63) is 198 Å². The van der Waals surface area contributed by atoms with Gasteiger partial charge in [-0.05, 0) is 167 Å². The first-order valence-electron chi connectivity index (χ1n) is 27.1. The van der Waals surface area contributed by atoms with Crippen LogP contribution in [0.2, 0.25) is 0 Å². The molecule has 3 nitrogen and oxygen atoms in total. The van der Waals surface area contributed by atoms with Gasteiger partial charge in [0.05, 0.1) is 38.8 Å². The molecule has 0 fully saturated rings. The number of hydrogen-bond donors (Lipinski definition) is 0. The molecule has 14 rings (SSSR count). The molecule has 0 unspecified atom stereocenters. The van der Waals surface area contributed by atoms with Crippen LogP contribution in [0.3, 0.4) is 0 Å². The van der Waals surface area contributed by atoms with E-state index in [1.807, 2.05) is 0 Å². The van der Waals surface area contributed by atoms with Gasteiger partial charge in [-0.3, -0.25) is 0 Å². The smallest absolute Gasteiger partial charge is 0.0562 e. The highest BCUT2D eigenvalue weighted by Gasteiger charge is 2.26. The summed E-state index contributed by atoms with van der Waals surface area (Å²) in [4.78, 5) is 0. The van der Waals surface area contributed by atoms with Crippen LogP contribution < -0.4 is 0 Å². The van der Waals surface area contributed by atoms with Crippen LogP contribution in [0, 0.1) is 0 Å². The Balaban J connectivity index is 1.09. The first-order chi connectivity index (χ1) is 35.7. The quantitative estimate of drug-likeness (QED) is 0.124. The molecule has 0 bridgehead atoms. The third-order valence-corrected chi connectivity index (χ3v) is 17.0. The lowest BCUT2D eigenvalue weighted by Crippen LogP contribution is -2.10. The summed E-state index contributed by atoms with van der Waals surface area (Å²) < 4.78 is 7.62. The maximum atomic E-state index is 2.59. The van der Waals surface area contributed by atoms with E-state index in [1.54, 1.807) is 0 Å². The van der Waals surface area contributed by atoms with Crippen molar-refractivity contribution in [1.82, 2.24) is 13.7 Å². The molecule has 0 saturated carbocycles. The summed E-state index contributed by atoms with van der Waals surface area (Å²) in [5, 5.41) is 17.9. The normalized spacial score (nSPS) is 13.3. The van der Waals surface area contributed by atoms with E-state index in [0.29, 0.717) is 0 Å². The first kappa shape index (κ1) is 45.7. The molecule has 11 aromatic carbocycles. The number of nitrogens with zero attached hydrogens (tertiary/aromatic N) is 3. The van der Waals surface area contributed by atoms with E-state index in [9.17, 15) is 0 Å². The van der Waals surface area contributed by atoms with Crippen LogP contribution in [-0.2, 0) is 21.7 Å². The molecule has 0 radical (unpaired) electrons. The van der Waals surface area contributed by atoms with Crippen molar-refractivity contribution in [3.63, 3.8) is 0 Å². The van der Waals surface area contributed by atoms with Crippen molar-refractivity contribution in [2.75, 3.05) is 0 Å². The number of aromatic nitrogens is 3. The van der Waals surface area contributed by atoms with Crippen LogP contribution in [0.15, 0.2) is 176 Å². The van der Waals surface area contributed by atoms with Gasteiger partial charge < -0.3 is 13.7 Å². The van der Waals surface area contributed by atoms with Crippen molar-refractivity contribution in [2.45, 2.75) is 105 Å². The van der Waals surface area contributed by atoms with Gasteiger partial charge in [0.1, 0.15) is 0 Å². The lowest BCUT2D eigenvalue weighted by Gasteiger charge is -2.19. The predicted octanol–water partition coefficient (Wildman–Crippen LogP) is 20.2. The van der Waals surface area contributed by atoms with E-state index < -0.39 is 0 Å². The van der Waals surface area contributed by atoms with Gasteiger partial charge in [-0.25, -0.2) is 0 Å². The average molecular weight is 972 g/mol. The Labute approximate surface area is 439 Å². The Kier molecular flexibility index (Phi) is 9.36. The van der Waals surface area contributed by atoms with Crippen LogP contribution >= 0.6 is 0 Å². The summed E-state index contributed by atoms with van der Waals surface area (Å²) in [5.74, 6) is 0. The number of rotatable bonds is 3. The third kappa shape index (κ3) is 6.79. The first-order valence-corrected chi connectivity index (χ1v) is 27.1. The second kappa shape index (κ2) is 15.4. The Morgan fingerprint density at radius 3 is 1.08 bits per heavy atom. The van der Waals surface area contributed by atoms with Crippen LogP contribution in [0.1, 0.15) is 105 Å². The molecule has 3 aromatic heterocycles. The molecule has 3 heteroatoms. The lowest BCUT2D eigenvalue weighted by atomic mass is 9.85. The molecular formula is C72H65N3. The zero-order valence-corrected chi connectivity index (χ0v) is 45.6. The molecule has 0 saturated heterocycles. The Bertz CT molecular complexity index is 4380. The van der Waals surface area contributed by atoms with Gasteiger partial charge in [0.2, 0.25) is 0 Å². The molecular weight excluding hydrogens is 907 g/mol. The van der Waals surface area contributed by atoms with Crippen LogP contribution in [0.5, 0.6) is 0 Å². The van der Waals surface area contributed by atoms with Gasteiger partial charge in [-0.2, -0.15) is 0 Å². The molecule has 0 aliphatic heterocycles. The summed E-state index contributed by atoms with van der Waals surface area (Å²) in [5.41, 5.74) is 16.2. The van der Waals surface area contributed by atoms with Crippen LogP contribution in [0.4, 0.5) is 0 Å². The zero-order valence-electron chi connectivity index (χ0n) is 45.6. The highest BCUT2D eigenvalue weighted by atomic mass is 15.0. The van der Waals surface area contributed by atoms with E-state index in [2.05, 4.69) is 273 Å². The van der Waals surface area contributed by atoms with Crippen molar-refractivity contribution in [3.8, 4) is 17.1 Å². The zero-order chi connectivity index (χ0) is 51.8. The molecule has 0 aliphatic rings. The third-order valence-electron chi connectivity index (χ3n) is 17.0. The molecule has 14 aromatic rings. The van der Waals surface area contributed by atoms with Gasteiger partial charge in [0.15, 0.2) is 0 Å². The molecule has 75 heavy (non-hydrogen) atoms. The Hall–Kier alpha value is -7.88. The minimum Gasteiger partial charge on any atom is -0.309 e. The highest BCUT2D eigenvalue weighted by molar-refractivity contribution is 6.30. The molecule has 0 spiro atoms. The monoisotopic (exact) mass is 972 g/mol. The van der Waals surface area contributed by atoms with Gasteiger partial charge >= 0.3 is 0 Å². The second-order valence-electron chi connectivity index (χ2n) is 25.9. The maximum Gasteiger partial charge on any atom is 0.0562 e. The SMILES string of the molecule is CC(C)(C)c1ccc2c(c1)c1cc(C(C)(C)C)ccc1n2-c1ccc2c3ccc(-n4c5ccc(C(C)(C)C)cc5c5cc(C(C)(C)C)ccc54)cc3n(-c3ccc4ccc5cc6ccccc6c6ccc3c4c56)c2c1. The van der Waals surface area contributed by atoms with E-state index in [1.165, 1.54) is 136 Å². The van der Waals surface area contributed by atoms with Crippen molar-refractivity contribution >= 4 is 109 Å². The standard InChI is InChI=1S/C72H65N3/c1-69(2,3)45-20-31-61-56(36-45)57-37-46(70(4,5)6)21-32-62(57)73(61)49-24-26-52-53-27-25-50(74-63-33-22-47(71(7,8)9)38-58(63)59-39-48(72(10,11)12)23-34-64(59)74)41-66(53)75(65(52)40-49)60-30-19-42-17-18-44-35-43-15-13-14-16-51(43)54-28-29-55(60)67(42)68(44)54/h13-41H,1-12H3. The Morgan fingerprint density at radius 2 is 0.627 bits per heavy atom. The molecule has 0 aliphatic carbocycles. The van der Waals surface area contributed by atoms with E-state index in [-0.39, 0.29) is 21.7 Å². The molecule has 0 N–H and O–H groups in total. The van der Waals surface area contributed by atoms with Crippen molar-refractivity contribution < 1.29 is 0 Å². The van der Waals surface area contributed by atoms with E-state index in [4.69, 9.17) is 0 Å². The number of fused-ring (bicyclic) bond motifs is 11. The number of benzene rings is 11. The van der Waals surface area contributed by atoms with Gasteiger partial charge in [-0.15, -0.1) is 0 Å². The minimum atomic E-state index is 0.0146.